The molecular formula is C14H12BrN5. The average Bonchev–Trinajstić information content (AvgIpc) is 3.01. The maximum absolute atomic E-state index is 3.93. The molecule has 3 rings (SSSR count). The van der Waals surface area contributed by atoms with Crippen molar-refractivity contribution < 1.29 is 0 Å². The predicted molar refractivity (Wildman–Crippen MR) is 80.6 cm³/mol. The molecule has 5 nitrogen and oxygen atoms in total. The number of aromatic nitrogens is 4. The van der Waals surface area contributed by atoms with E-state index in [0.29, 0.717) is 0 Å². The van der Waals surface area contributed by atoms with Gasteiger partial charge in [0.15, 0.2) is 0 Å². The minimum atomic E-state index is 0.723. The van der Waals surface area contributed by atoms with E-state index < -0.39 is 0 Å². The van der Waals surface area contributed by atoms with Gasteiger partial charge in [-0.3, -0.25) is 0 Å². The van der Waals surface area contributed by atoms with E-state index in [0.717, 1.165) is 22.4 Å². The zero-order chi connectivity index (χ0) is 13.8. The largest absolute Gasteiger partial charge is 0.379 e. The summed E-state index contributed by atoms with van der Waals surface area (Å²) in [6.07, 6.45) is 1.58. The third-order valence-electron chi connectivity index (χ3n) is 2.93. The van der Waals surface area contributed by atoms with Crippen LogP contribution in [-0.4, -0.2) is 20.2 Å². The zero-order valence-corrected chi connectivity index (χ0v) is 12.2. The fourth-order valence-corrected chi connectivity index (χ4v) is 2.35. The normalized spacial score (nSPS) is 10.4. The van der Waals surface area contributed by atoms with E-state index in [1.165, 1.54) is 5.56 Å². The Balaban J connectivity index is 1.84. The fourth-order valence-electron chi connectivity index (χ4n) is 1.93. The molecular weight excluding hydrogens is 318 g/mol. The van der Waals surface area contributed by atoms with Crippen molar-refractivity contribution >= 4 is 21.6 Å². The Morgan fingerprint density at radius 2 is 1.85 bits per heavy atom. The highest BCUT2D eigenvalue weighted by Gasteiger charge is 2.05. The van der Waals surface area contributed by atoms with Crippen molar-refractivity contribution in [2.45, 2.75) is 6.54 Å². The Morgan fingerprint density at radius 3 is 2.65 bits per heavy atom. The van der Waals surface area contributed by atoms with Crippen LogP contribution in [-0.2, 0) is 6.54 Å². The van der Waals surface area contributed by atoms with Crippen LogP contribution in [0.15, 0.2) is 59.3 Å². The molecule has 0 saturated carbocycles. The Bertz CT molecular complexity index is 696. The van der Waals surface area contributed by atoms with Gasteiger partial charge in [-0.15, -0.1) is 5.10 Å². The van der Waals surface area contributed by atoms with Crippen LogP contribution in [0.5, 0.6) is 0 Å². The van der Waals surface area contributed by atoms with Crippen molar-refractivity contribution in [3.8, 4) is 5.69 Å². The average molecular weight is 330 g/mol. The lowest BCUT2D eigenvalue weighted by Gasteiger charge is -2.12. The molecule has 6 heteroatoms. The van der Waals surface area contributed by atoms with E-state index in [2.05, 4.69) is 42.8 Å². The van der Waals surface area contributed by atoms with Crippen molar-refractivity contribution in [3.63, 3.8) is 0 Å². The summed E-state index contributed by atoms with van der Waals surface area (Å²) >= 11 is 3.55. The number of nitrogens with one attached hydrogen (secondary N) is 1. The monoisotopic (exact) mass is 329 g/mol. The summed E-state index contributed by atoms with van der Waals surface area (Å²) in [7, 11) is 0. The first-order valence-electron chi connectivity index (χ1n) is 6.14. The molecule has 0 aliphatic carbocycles. The molecule has 0 bridgehead atoms. The number of hydrogen-bond acceptors (Lipinski definition) is 4. The number of tetrazole rings is 1. The SMILES string of the molecule is Brc1ccccc1CNc1ccccc1-n1cnnn1. The van der Waals surface area contributed by atoms with Gasteiger partial charge < -0.3 is 5.32 Å². The fraction of sp³-hybridized carbons (Fsp3) is 0.0714. The Hall–Kier alpha value is -2.21. The van der Waals surface area contributed by atoms with Gasteiger partial charge in [-0.25, -0.2) is 0 Å². The zero-order valence-electron chi connectivity index (χ0n) is 10.6. The van der Waals surface area contributed by atoms with Gasteiger partial charge in [0.05, 0.1) is 11.4 Å². The van der Waals surface area contributed by atoms with Crippen molar-refractivity contribution in [2.75, 3.05) is 5.32 Å². The number of para-hydroxylation sites is 2. The maximum Gasteiger partial charge on any atom is 0.143 e. The molecule has 0 atom stereocenters. The Kier molecular flexibility index (Phi) is 3.73. The second kappa shape index (κ2) is 5.83. The van der Waals surface area contributed by atoms with Crippen LogP contribution in [0.4, 0.5) is 5.69 Å². The van der Waals surface area contributed by atoms with Gasteiger partial charge in [0.1, 0.15) is 6.33 Å². The van der Waals surface area contributed by atoms with Gasteiger partial charge in [-0.05, 0) is 34.2 Å². The van der Waals surface area contributed by atoms with Gasteiger partial charge in [-0.2, -0.15) is 4.68 Å². The first kappa shape index (κ1) is 12.8. The molecule has 0 radical (unpaired) electrons. The number of halogens is 1. The topological polar surface area (TPSA) is 55.6 Å². The summed E-state index contributed by atoms with van der Waals surface area (Å²) < 4.78 is 2.73. The van der Waals surface area contributed by atoms with Gasteiger partial charge in [-0.1, -0.05) is 46.3 Å². The molecule has 0 spiro atoms. The van der Waals surface area contributed by atoms with Crippen LogP contribution < -0.4 is 5.32 Å². The minimum absolute atomic E-state index is 0.723. The highest BCUT2D eigenvalue weighted by molar-refractivity contribution is 9.10. The molecule has 0 unspecified atom stereocenters. The number of nitrogens with zero attached hydrogens (tertiary/aromatic N) is 4. The predicted octanol–water partition coefficient (Wildman–Crippen LogP) is 3.04. The molecule has 1 heterocycles. The molecule has 2 aromatic carbocycles. The van der Waals surface area contributed by atoms with Crippen LogP contribution >= 0.6 is 15.9 Å². The first-order valence-corrected chi connectivity index (χ1v) is 6.93. The quantitative estimate of drug-likeness (QED) is 0.799. The number of benzene rings is 2. The van der Waals surface area contributed by atoms with Crippen LogP contribution in [0.2, 0.25) is 0 Å². The van der Waals surface area contributed by atoms with Gasteiger partial charge in [0.2, 0.25) is 0 Å². The smallest absolute Gasteiger partial charge is 0.143 e. The van der Waals surface area contributed by atoms with E-state index in [9.17, 15) is 0 Å². The van der Waals surface area contributed by atoms with E-state index in [1.54, 1.807) is 11.0 Å². The molecule has 1 aromatic heterocycles. The van der Waals surface area contributed by atoms with Crippen LogP contribution in [0.25, 0.3) is 5.69 Å². The second-order valence-electron chi connectivity index (χ2n) is 4.22. The standard InChI is InChI=1S/C14H12BrN5/c15-12-6-2-1-5-11(12)9-16-13-7-3-4-8-14(13)20-10-17-18-19-20/h1-8,10,16H,9H2. The Morgan fingerprint density at radius 1 is 1.05 bits per heavy atom. The highest BCUT2D eigenvalue weighted by Crippen LogP contribution is 2.21. The maximum atomic E-state index is 3.93. The third-order valence-corrected chi connectivity index (χ3v) is 3.70. The van der Waals surface area contributed by atoms with Crippen LogP contribution in [0, 0.1) is 0 Å². The summed E-state index contributed by atoms with van der Waals surface area (Å²) in [5.74, 6) is 0. The number of anilines is 1. The van der Waals surface area contributed by atoms with Crippen LogP contribution in [0.1, 0.15) is 5.56 Å². The molecule has 0 amide bonds. The number of hydrogen-bond donors (Lipinski definition) is 1. The lowest BCUT2D eigenvalue weighted by atomic mass is 10.2. The summed E-state index contributed by atoms with van der Waals surface area (Å²) in [6.45, 7) is 0.723. The van der Waals surface area contributed by atoms with E-state index in [-0.39, 0.29) is 0 Å². The summed E-state index contributed by atoms with van der Waals surface area (Å²) in [6, 6.07) is 16.1. The van der Waals surface area contributed by atoms with Crippen molar-refractivity contribution in [3.05, 3.63) is 64.9 Å². The molecule has 3 aromatic rings. The van der Waals surface area contributed by atoms with Crippen molar-refractivity contribution in [2.24, 2.45) is 0 Å². The summed E-state index contributed by atoms with van der Waals surface area (Å²) in [4.78, 5) is 0. The Labute approximate surface area is 124 Å². The summed E-state index contributed by atoms with van der Waals surface area (Å²) in [5, 5.41) is 14.7. The lowest BCUT2D eigenvalue weighted by molar-refractivity contribution is 0.789. The molecule has 0 fully saturated rings. The van der Waals surface area contributed by atoms with E-state index >= 15 is 0 Å². The lowest BCUT2D eigenvalue weighted by Crippen LogP contribution is -2.05. The highest BCUT2D eigenvalue weighted by atomic mass is 79.9. The molecule has 1 N–H and O–H groups in total. The minimum Gasteiger partial charge on any atom is -0.379 e. The number of rotatable bonds is 4. The molecule has 0 aliphatic rings. The molecule has 20 heavy (non-hydrogen) atoms. The van der Waals surface area contributed by atoms with Crippen LogP contribution in [0.3, 0.4) is 0 Å². The summed E-state index contributed by atoms with van der Waals surface area (Å²) in [5.41, 5.74) is 3.10. The first-order chi connectivity index (χ1) is 9.84. The molecule has 0 saturated heterocycles. The van der Waals surface area contributed by atoms with Crippen molar-refractivity contribution in [1.29, 1.82) is 0 Å². The van der Waals surface area contributed by atoms with E-state index in [4.69, 9.17) is 0 Å². The molecule has 0 aliphatic heterocycles. The van der Waals surface area contributed by atoms with Crippen molar-refractivity contribution in [1.82, 2.24) is 20.2 Å². The van der Waals surface area contributed by atoms with Gasteiger partial charge in [0.25, 0.3) is 0 Å². The van der Waals surface area contributed by atoms with E-state index in [1.807, 2.05) is 42.5 Å². The van der Waals surface area contributed by atoms with Gasteiger partial charge in [0, 0.05) is 11.0 Å². The third kappa shape index (κ3) is 2.70. The van der Waals surface area contributed by atoms with Gasteiger partial charge >= 0.3 is 0 Å². The molecule has 100 valence electrons. The second-order valence-corrected chi connectivity index (χ2v) is 5.07.